The Morgan fingerprint density at radius 3 is 2.62 bits per heavy atom. The Kier molecular flexibility index (Phi) is 3.78. The number of likely N-dealkylation sites (tertiary alicyclic amines) is 2. The highest BCUT2D eigenvalue weighted by molar-refractivity contribution is 5.79. The number of primary amides is 1. The quantitative estimate of drug-likeness (QED) is 0.642. The van der Waals surface area contributed by atoms with E-state index in [9.17, 15) is 4.79 Å². The van der Waals surface area contributed by atoms with Crippen molar-refractivity contribution in [1.29, 1.82) is 0 Å². The van der Waals surface area contributed by atoms with Crippen LogP contribution in [-0.4, -0.2) is 60.5 Å². The van der Waals surface area contributed by atoms with E-state index in [0.717, 1.165) is 13.1 Å². The third-order valence-electron chi connectivity index (χ3n) is 3.72. The summed E-state index contributed by atoms with van der Waals surface area (Å²) >= 11 is 0. The zero-order valence-corrected chi connectivity index (χ0v) is 9.77. The van der Waals surface area contributed by atoms with Crippen molar-refractivity contribution in [1.82, 2.24) is 9.80 Å². The van der Waals surface area contributed by atoms with Crippen LogP contribution in [0.2, 0.25) is 0 Å². The summed E-state index contributed by atoms with van der Waals surface area (Å²) < 4.78 is 0. The summed E-state index contributed by atoms with van der Waals surface area (Å²) in [7, 11) is 0. The van der Waals surface area contributed by atoms with Crippen LogP contribution in [0.3, 0.4) is 0 Å². The van der Waals surface area contributed by atoms with E-state index in [4.69, 9.17) is 11.5 Å². The molecule has 0 radical (unpaired) electrons. The van der Waals surface area contributed by atoms with Gasteiger partial charge in [0.2, 0.25) is 5.91 Å². The first-order chi connectivity index (χ1) is 7.66. The lowest BCUT2D eigenvalue weighted by atomic mass is 10.2. The molecule has 0 bridgehead atoms. The molecule has 0 aromatic rings. The smallest absolute Gasteiger partial charge is 0.235 e. The molecule has 16 heavy (non-hydrogen) atoms. The predicted octanol–water partition coefficient (Wildman–Crippen LogP) is -1.03. The fourth-order valence-electron chi connectivity index (χ4n) is 2.75. The summed E-state index contributed by atoms with van der Waals surface area (Å²) in [6, 6.07) is 0.153. The van der Waals surface area contributed by atoms with Gasteiger partial charge in [0.25, 0.3) is 0 Å². The number of carbonyl (C=O) groups is 1. The van der Waals surface area contributed by atoms with Crippen molar-refractivity contribution in [2.24, 2.45) is 11.5 Å². The van der Waals surface area contributed by atoms with Crippen molar-refractivity contribution in [3.05, 3.63) is 0 Å². The van der Waals surface area contributed by atoms with Gasteiger partial charge in [-0.25, -0.2) is 0 Å². The maximum atomic E-state index is 10.9. The number of carbonyl (C=O) groups excluding carboxylic acids is 1. The van der Waals surface area contributed by atoms with Gasteiger partial charge in [-0.05, 0) is 38.9 Å². The van der Waals surface area contributed by atoms with Crippen LogP contribution in [0.5, 0.6) is 0 Å². The first-order valence-corrected chi connectivity index (χ1v) is 6.18. The van der Waals surface area contributed by atoms with Crippen LogP contribution in [0.1, 0.15) is 19.3 Å². The molecular weight excluding hydrogens is 204 g/mol. The van der Waals surface area contributed by atoms with Crippen LogP contribution in [0.15, 0.2) is 0 Å². The summed E-state index contributed by atoms with van der Waals surface area (Å²) in [6.45, 7) is 5.17. The molecule has 5 nitrogen and oxygen atoms in total. The minimum Gasteiger partial charge on any atom is -0.368 e. The third kappa shape index (κ3) is 2.72. The lowest BCUT2D eigenvalue weighted by Crippen LogP contribution is -2.46. The molecule has 0 aromatic heterocycles. The van der Waals surface area contributed by atoms with E-state index in [2.05, 4.69) is 9.80 Å². The minimum absolute atomic E-state index is 0.398. The molecule has 2 atom stereocenters. The molecule has 4 N–H and O–H groups in total. The van der Waals surface area contributed by atoms with Gasteiger partial charge in [0.05, 0.1) is 6.04 Å². The van der Waals surface area contributed by atoms with E-state index in [0.29, 0.717) is 12.6 Å². The third-order valence-corrected chi connectivity index (χ3v) is 3.72. The molecule has 5 heteroatoms. The highest BCUT2D eigenvalue weighted by Gasteiger charge is 2.30. The second-order valence-electron chi connectivity index (χ2n) is 4.95. The van der Waals surface area contributed by atoms with E-state index in [1.165, 1.54) is 32.4 Å². The van der Waals surface area contributed by atoms with E-state index >= 15 is 0 Å². The zero-order valence-electron chi connectivity index (χ0n) is 9.77. The van der Waals surface area contributed by atoms with Crippen molar-refractivity contribution in [2.75, 3.05) is 32.7 Å². The van der Waals surface area contributed by atoms with Crippen molar-refractivity contribution >= 4 is 5.91 Å². The lowest BCUT2D eigenvalue weighted by molar-refractivity contribution is -0.119. The van der Waals surface area contributed by atoms with Gasteiger partial charge in [-0.15, -0.1) is 0 Å². The Hall–Kier alpha value is -0.650. The van der Waals surface area contributed by atoms with Crippen molar-refractivity contribution in [3.8, 4) is 0 Å². The number of hydrogen-bond acceptors (Lipinski definition) is 4. The second-order valence-corrected chi connectivity index (χ2v) is 4.95. The molecule has 92 valence electrons. The van der Waals surface area contributed by atoms with Gasteiger partial charge in [-0.3, -0.25) is 14.6 Å². The molecule has 1 amide bonds. The van der Waals surface area contributed by atoms with Crippen LogP contribution in [0, 0.1) is 0 Å². The van der Waals surface area contributed by atoms with Crippen LogP contribution < -0.4 is 11.5 Å². The van der Waals surface area contributed by atoms with Gasteiger partial charge >= 0.3 is 0 Å². The molecule has 0 spiro atoms. The number of rotatable bonds is 4. The number of amides is 1. The van der Waals surface area contributed by atoms with Gasteiger partial charge in [-0.1, -0.05) is 0 Å². The zero-order chi connectivity index (χ0) is 11.5. The molecular formula is C11H22N4O. The summed E-state index contributed by atoms with van der Waals surface area (Å²) in [5.74, 6) is -0.398. The summed E-state index contributed by atoms with van der Waals surface area (Å²) in [4.78, 5) is 15.7. The topological polar surface area (TPSA) is 75.6 Å². The second kappa shape index (κ2) is 5.12. The minimum atomic E-state index is -0.516. The Balaban J connectivity index is 1.76. The van der Waals surface area contributed by atoms with E-state index in [-0.39, 0.29) is 0 Å². The number of nitrogens with zero attached hydrogens (tertiary/aromatic N) is 2. The average molecular weight is 226 g/mol. The van der Waals surface area contributed by atoms with Crippen molar-refractivity contribution in [2.45, 2.75) is 31.3 Å². The summed E-state index contributed by atoms with van der Waals surface area (Å²) in [5, 5.41) is 0. The average Bonchev–Trinajstić information content (AvgIpc) is 2.85. The highest BCUT2D eigenvalue weighted by Crippen LogP contribution is 2.20. The number of nitrogens with two attached hydrogens (primary N) is 2. The maximum Gasteiger partial charge on any atom is 0.235 e. The molecule has 2 heterocycles. The highest BCUT2D eigenvalue weighted by atomic mass is 16.1. The largest absolute Gasteiger partial charge is 0.368 e. The van der Waals surface area contributed by atoms with E-state index in [1.807, 2.05) is 0 Å². The molecule has 2 aliphatic heterocycles. The van der Waals surface area contributed by atoms with Crippen LogP contribution in [0.4, 0.5) is 0 Å². The summed E-state index contributed by atoms with van der Waals surface area (Å²) in [6.07, 6.45) is 3.86. The van der Waals surface area contributed by atoms with Crippen LogP contribution >= 0.6 is 0 Å². The maximum absolute atomic E-state index is 10.9. The summed E-state index contributed by atoms with van der Waals surface area (Å²) in [5.41, 5.74) is 10.8. The van der Waals surface area contributed by atoms with Crippen molar-refractivity contribution < 1.29 is 4.79 Å². The first-order valence-electron chi connectivity index (χ1n) is 6.18. The fourth-order valence-corrected chi connectivity index (χ4v) is 2.75. The van der Waals surface area contributed by atoms with Gasteiger partial charge in [0.15, 0.2) is 0 Å². The van der Waals surface area contributed by atoms with E-state index in [1.54, 1.807) is 0 Å². The molecule has 2 unspecified atom stereocenters. The van der Waals surface area contributed by atoms with E-state index < -0.39 is 11.9 Å². The molecule has 2 aliphatic rings. The molecule has 0 aromatic carbocycles. The standard InChI is InChI=1S/C11H22N4O/c12-10(11(13)16)8-14-6-3-9(7-14)15-4-1-2-5-15/h9-10H,1-8,12H2,(H2,13,16). The van der Waals surface area contributed by atoms with Crippen LogP contribution in [0.25, 0.3) is 0 Å². The monoisotopic (exact) mass is 226 g/mol. The fraction of sp³-hybridized carbons (Fsp3) is 0.909. The Morgan fingerprint density at radius 2 is 2.00 bits per heavy atom. The number of hydrogen-bond donors (Lipinski definition) is 2. The predicted molar refractivity (Wildman–Crippen MR) is 62.8 cm³/mol. The van der Waals surface area contributed by atoms with Gasteiger partial charge in [0.1, 0.15) is 0 Å². The first kappa shape index (κ1) is 11.8. The molecule has 2 saturated heterocycles. The molecule has 2 fully saturated rings. The Labute approximate surface area is 96.7 Å². The van der Waals surface area contributed by atoms with Crippen LogP contribution in [-0.2, 0) is 4.79 Å². The van der Waals surface area contributed by atoms with Gasteiger partial charge < -0.3 is 11.5 Å². The molecule has 0 saturated carbocycles. The normalized spacial score (nSPS) is 29.7. The van der Waals surface area contributed by atoms with Crippen molar-refractivity contribution in [3.63, 3.8) is 0 Å². The van der Waals surface area contributed by atoms with Gasteiger partial charge in [-0.2, -0.15) is 0 Å². The molecule has 0 aliphatic carbocycles. The Bertz CT molecular complexity index is 252. The van der Waals surface area contributed by atoms with Gasteiger partial charge in [0, 0.05) is 19.1 Å². The Morgan fingerprint density at radius 1 is 1.31 bits per heavy atom. The molecule has 2 rings (SSSR count). The lowest BCUT2D eigenvalue weighted by Gasteiger charge is -2.24. The SMILES string of the molecule is NC(=O)C(N)CN1CCC(N2CCCC2)C1.